The maximum Gasteiger partial charge on any atom is 0.256 e. The minimum atomic E-state index is -3.52. The van der Waals surface area contributed by atoms with Crippen LogP contribution in [0.1, 0.15) is 25.5 Å². The van der Waals surface area contributed by atoms with Crippen molar-refractivity contribution in [3.8, 4) is 0 Å². The first-order chi connectivity index (χ1) is 11.9. The molecule has 6 nitrogen and oxygen atoms in total. The Labute approximate surface area is 148 Å². The van der Waals surface area contributed by atoms with Crippen molar-refractivity contribution in [1.82, 2.24) is 10.2 Å². The van der Waals surface area contributed by atoms with Gasteiger partial charge in [-0.3, -0.25) is 4.79 Å². The number of fused-ring (bicyclic) bond motifs is 1. The lowest BCUT2D eigenvalue weighted by Gasteiger charge is -2.30. The van der Waals surface area contributed by atoms with Gasteiger partial charge in [0.05, 0.1) is 17.4 Å². The average Bonchev–Trinajstić information content (AvgIpc) is 2.58. The summed E-state index contributed by atoms with van der Waals surface area (Å²) in [5, 5.41) is 3.02. The molecule has 1 N–H and O–H groups in total. The van der Waals surface area contributed by atoms with Crippen LogP contribution in [-0.4, -0.2) is 37.4 Å². The molecule has 0 aromatic heterocycles. The van der Waals surface area contributed by atoms with Crippen LogP contribution in [0.2, 0.25) is 0 Å². The highest BCUT2D eigenvalue weighted by Crippen LogP contribution is 2.23. The van der Waals surface area contributed by atoms with E-state index in [1.54, 1.807) is 23.3 Å². The summed E-state index contributed by atoms with van der Waals surface area (Å²) in [6.45, 7) is 4.36. The molecule has 0 spiro atoms. The maximum absolute atomic E-state index is 12.8. The predicted molar refractivity (Wildman–Crippen MR) is 97.3 cm³/mol. The van der Waals surface area contributed by atoms with Crippen LogP contribution in [0.4, 0.5) is 0 Å². The Morgan fingerprint density at radius 2 is 1.96 bits per heavy atom. The van der Waals surface area contributed by atoms with Crippen LogP contribution >= 0.6 is 0 Å². The van der Waals surface area contributed by atoms with Crippen molar-refractivity contribution in [3.05, 3.63) is 59.8 Å². The van der Waals surface area contributed by atoms with Crippen molar-refractivity contribution in [1.29, 1.82) is 0 Å². The molecule has 0 bridgehead atoms. The molecule has 0 fully saturated rings. The molecule has 0 saturated carbocycles. The quantitative estimate of drug-likeness (QED) is 0.892. The number of rotatable bonds is 4. The van der Waals surface area contributed by atoms with Gasteiger partial charge in [-0.1, -0.05) is 44.2 Å². The molecular formula is C18H21N3O3S. The smallest absolute Gasteiger partial charge is 0.256 e. The van der Waals surface area contributed by atoms with Crippen LogP contribution in [-0.2, 0) is 14.8 Å². The number of sulfonamides is 1. The van der Waals surface area contributed by atoms with Gasteiger partial charge in [0.1, 0.15) is 0 Å². The van der Waals surface area contributed by atoms with Gasteiger partial charge in [-0.15, -0.1) is 4.40 Å². The Morgan fingerprint density at radius 3 is 2.64 bits per heavy atom. The maximum atomic E-state index is 12.8. The van der Waals surface area contributed by atoms with Gasteiger partial charge in [0.2, 0.25) is 0 Å². The first-order valence-electron chi connectivity index (χ1n) is 8.21. The van der Waals surface area contributed by atoms with E-state index in [1.165, 1.54) is 0 Å². The number of nitrogens with one attached hydrogen (secondary N) is 1. The molecule has 2 heterocycles. The lowest BCUT2D eigenvalue weighted by molar-refractivity contribution is -0.118. The summed E-state index contributed by atoms with van der Waals surface area (Å²) in [6.07, 6.45) is 5.08. The Bertz CT molecular complexity index is 855. The van der Waals surface area contributed by atoms with E-state index in [-0.39, 0.29) is 35.0 Å². The minimum absolute atomic E-state index is 0.0472. The monoisotopic (exact) mass is 359 g/mol. The normalized spacial score (nSPS) is 19.7. The van der Waals surface area contributed by atoms with Crippen molar-refractivity contribution < 1.29 is 13.2 Å². The molecule has 0 radical (unpaired) electrons. The van der Waals surface area contributed by atoms with E-state index in [0.29, 0.717) is 6.54 Å². The van der Waals surface area contributed by atoms with Gasteiger partial charge in [-0.2, -0.15) is 0 Å². The second kappa shape index (κ2) is 6.84. The summed E-state index contributed by atoms with van der Waals surface area (Å²) in [6, 6.07) is 9.55. The Kier molecular flexibility index (Phi) is 4.76. The van der Waals surface area contributed by atoms with Crippen molar-refractivity contribution in [2.45, 2.75) is 19.9 Å². The van der Waals surface area contributed by atoms with Gasteiger partial charge in [0.25, 0.3) is 15.9 Å². The summed E-state index contributed by atoms with van der Waals surface area (Å²) >= 11 is 0. The minimum Gasteiger partial charge on any atom is -0.345 e. The molecule has 0 aliphatic carbocycles. The van der Waals surface area contributed by atoms with E-state index < -0.39 is 10.0 Å². The topological polar surface area (TPSA) is 78.8 Å². The summed E-state index contributed by atoms with van der Waals surface area (Å²) in [5.41, 5.74) is 1.28. The highest BCUT2D eigenvalue weighted by molar-refractivity contribution is 7.90. The van der Waals surface area contributed by atoms with Crippen LogP contribution in [0.3, 0.4) is 0 Å². The molecule has 1 atom stereocenters. The Hall–Kier alpha value is -2.41. The number of hydrogen-bond acceptors (Lipinski definition) is 4. The van der Waals surface area contributed by atoms with E-state index in [4.69, 9.17) is 0 Å². The Balaban J connectivity index is 1.88. The fourth-order valence-corrected chi connectivity index (χ4v) is 3.89. The summed E-state index contributed by atoms with van der Waals surface area (Å²) < 4.78 is 27.5. The first-order valence-corrected chi connectivity index (χ1v) is 9.82. The SMILES string of the molecule is CC(C)C(NC(=O)C1=CC=CN2CCS(=O)(=O)N=C12)c1ccccc1. The zero-order valence-corrected chi connectivity index (χ0v) is 15.0. The molecule has 3 rings (SSSR count). The van der Waals surface area contributed by atoms with Crippen molar-refractivity contribution in [2.75, 3.05) is 12.3 Å². The second-order valence-corrected chi connectivity index (χ2v) is 8.18. The summed E-state index contributed by atoms with van der Waals surface area (Å²) in [7, 11) is -3.52. The number of amidine groups is 1. The number of carbonyl (C=O) groups is 1. The third-order valence-corrected chi connectivity index (χ3v) is 5.36. The van der Waals surface area contributed by atoms with Crippen molar-refractivity contribution in [2.24, 2.45) is 10.3 Å². The Morgan fingerprint density at radius 1 is 1.24 bits per heavy atom. The fourth-order valence-electron chi connectivity index (χ4n) is 2.91. The van der Waals surface area contributed by atoms with Crippen LogP contribution in [0.5, 0.6) is 0 Å². The second-order valence-electron chi connectivity index (χ2n) is 6.42. The number of amides is 1. The molecule has 1 aromatic carbocycles. The van der Waals surface area contributed by atoms with E-state index >= 15 is 0 Å². The molecule has 2 aliphatic rings. The molecule has 0 saturated heterocycles. The molecule has 132 valence electrons. The van der Waals surface area contributed by atoms with E-state index in [2.05, 4.69) is 9.71 Å². The van der Waals surface area contributed by atoms with Crippen LogP contribution in [0.25, 0.3) is 0 Å². The van der Waals surface area contributed by atoms with Gasteiger partial charge < -0.3 is 10.2 Å². The summed E-state index contributed by atoms with van der Waals surface area (Å²) in [4.78, 5) is 14.5. The molecule has 7 heteroatoms. The van der Waals surface area contributed by atoms with Crippen LogP contribution < -0.4 is 5.32 Å². The number of hydrogen-bond donors (Lipinski definition) is 1. The van der Waals surface area contributed by atoms with Crippen molar-refractivity contribution >= 4 is 21.8 Å². The van der Waals surface area contributed by atoms with Crippen LogP contribution in [0, 0.1) is 5.92 Å². The standard InChI is InChI=1S/C18H21N3O3S/c1-13(2)16(14-7-4-3-5-8-14)19-18(22)15-9-6-10-21-11-12-25(23,24)20-17(15)21/h3-10,13,16H,11-12H2,1-2H3,(H,19,22). The number of nitrogens with zero attached hydrogens (tertiary/aromatic N) is 2. The molecule has 1 aromatic rings. The zero-order chi connectivity index (χ0) is 18.0. The zero-order valence-electron chi connectivity index (χ0n) is 14.2. The highest BCUT2D eigenvalue weighted by Gasteiger charge is 2.31. The number of carbonyl (C=O) groups excluding carboxylic acids is 1. The predicted octanol–water partition coefficient (Wildman–Crippen LogP) is 2.00. The molecule has 1 amide bonds. The third-order valence-electron chi connectivity index (χ3n) is 4.21. The highest BCUT2D eigenvalue weighted by atomic mass is 32.2. The molecule has 1 unspecified atom stereocenters. The molecule has 2 aliphatic heterocycles. The largest absolute Gasteiger partial charge is 0.345 e. The van der Waals surface area contributed by atoms with Crippen LogP contribution in [0.15, 0.2) is 58.7 Å². The first kappa shape index (κ1) is 17.4. The molecular weight excluding hydrogens is 338 g/mol. The van der Waals surface area contributed by atoms with Gasteiger partial charge in [-0.05, 0) is 23.6 Å². The number of benzene rings is 1. The molecule has 25 heavy (non-hydrogen) atoms. The van der Waals surface area contributed by atoms with Crippen molar-refractivity contribution in [3.63, 3.8) is 0 Å². The van der Waals surface area contributed by atoms with E-state index in [1.807, 2.05) is 44.2 Å². The lowest BCUT2D eigenvalue weighted by atomic mass is 9.95. The van der Waals surface area contributed by atoms with E-state index in [9.17, 15) is 13.2 Å². The van der Waals surface area contributed by atoms with Gasteiger partial charge in [-0.25, -0.2) is 8.42 Å². The summed E-state index contributed by atoms with van der Waals surface area (Å²) in [5.74, 6) is 0.00255. The van der Waals surface area contributed by atoms with E-state index in [0.717, 1.165) is 5.56 Å². The number of allylic oxidation sites excluding steroid dienone is 2. The van der Waals surface area contributed by atoms with Gasteiger partial charge >= 0.3 is 0 Å². The van der Waals surface area contributed by atoms with Gasteiger partial charge in [0.15, 0.2) is 5.84 Å². The lowest BCUT2D eigenvalue weighted by Crippen LogP contribution is -2.43. The average molecular weight is 359 g/mol. The fraction of sp³-hybridized carbons (Fsp3) is 0.333. The third kappa shape index (κ3) is 3.82. The van der Waals surface area contributed by atoms with Gasteiger partial charge in [0, 0.05) is 12.7 Å².